The molecule has 2 aliphatic carbocycles. The number of fused-ring (bicyclic) bond motifs is 1. The van der Waals surface area contributed by atoms with Crippen LogP contribution in [0.4, 0.5) is 0 Å². The van der Waals surface area contributed by atoms with Gasteiger partial charge >= 0.3 is 0 Å². The Morgan fingerprint density at radius 2 is 1.72 bits per heavy atom. The molecule has 1 fully saturated rings. The molecule has 1 aromatic carbocycles. The first-order chi connectivity index (χ1) is 8.69. The van der Waals surface area contributed by atoms with Crippen molar-refractivity contribution in [1.29, 1.82) is 0 Å². The van der Waals surface area contributed by atoms with Crippen molar-refractivity contribution >= 4 is 0 Å². The molecular formula is C15H21NO2. The first-order valence-corrected chi connectivity index (χ1v) is 6.75. The SMILES string of the molecule is COc1cc(C2(N)CC2)c(OC)c2c1CCCC2. The fourth-order valence-corrected chi connectivity index (χ4v) is 3.06. The lowest BCUT2D eigenvalue weighted by atomic mass is 9.86. The number of methoxy groups -OCH3 is 2. The van der Waals surface area contributed by atoms with E-state index in [-0.39, 0.29) is 5.54 Å². The van der Waals surface area contributed by atoms with Gasteiger partial charge in [0.2, 0.25) is 0 Å². The second kappa shape index (κ2) is 4.16. The van der Waals surface area contributed by atoms with Gasteiger partial charge in [0, 0.05) is 22.2 Å². The Kier molecular flexibility index (Phi) is 2.74. The molecule has 0 aromatic heterocycles. The number of hydrogen-bond acceptors (Lipinski definition) is 3. The Labute approximate surface area is 108 Å². The minimum atomic E-state index is -0.175. The summed E-state index contributed by atoms with van der Waals surface area (Å²) in [6.45, 7) is 0. The summed E-state index contributed by atoms with van der Waals surface area (Å²) in [6, 6.07) is 2.11. The lowest BCUT2D eigenvalue weighted by Gasteiger charge is -2.25. The summed E-state index contributed by atoms with van der Waals surface area (Å²) < 4.78 is 11.2. The molecule has 18 heavy (non-hydrogen) atoms. The van der Waals surface area contributed by atoms with E-state index in [2.05, 4.69) is 6.07 Å². The van der Waals surface area contributed by atoms with Crippen molar-refractivity contribution in [2.75, 3.05) is 14.2 Å². The van der Waals surface area contributed by atoms with Crippen molar-refractivity contribution in [3.63, 3.8) is 0 Å². The van der Waals surface area contributed by atoms with Crippen molar-refractivity contribution in [2.45, 2.75) is 44.1 Å². The van der Waals surface area contributed by atoms with Gasteiger partial charge in [0.25, 0.3) is 0 Å². The lowest BCUT2D eigenvalue weighted by Crippen LogP contribution is -2.21. The molecule has 2 N–H and O–H groups in total. The molecule has 0 saturated heterocycles. The van der Waals surface area contributed by atoms with Gasteiger partial charge in [0.05, 0.1) is 14.2 Å². The number of rotatable bonds is 3. The number of hydrogen-bond donors (Lipinski definition) is 1. The standard InChI is InChI=1S/C15H21NO2/c1-17-13-9-12(15(16)7-8-15)14(18-2)11-6-4-3-5-10(11)13/h9H,3-8,16H2,1-2H3. The third kappa shape index (κ3) is 1.69. The highest BCUT2D eigenvalue weighted by atomic mass is 16.5. The van der Waals surface area contributed by atoms with Crippen LogP contribution in [-0.2, 0) is 18.4 Å². The van der Waals surface area contributed by atoms with E-state index < -0.39 is 0 Å². The van der Waals surface area contributed by atoms with E-state index in [1.165, 1.54) is 24.0 Å². The summed E-state index contributed by atoms with van der Waals surface area (Å²) in [5.41, 5.74) is 9.99. The Hall–Kier alpha value is -1.22. The molecule has 3 rings (SSSR count). The molecule has 0 atom stereocenters. The van der Waals surface area contributed by atoms with Crippen molar-refractivity contribution in [3.05, 3.63) is 22.8 Å². The summed E-state index contributed by atoms with van der Waals surface area (Å²) in [6.07, 6.45) is 6.73. The van der Waals surface area contributed by atoms with Gasteiger partial charge in [-0.25, -0.2) is 0 Å². The zero-order chi connectivity index (χ0) is 12.8. The predicted molar refractivity (Wildman–Crippen MR) is 71.3 cm³/mol. The highest BCUT2D eigenvalue weighted by Gasteiger charge is 2.43. The van der Waals surface area contributed by atoms with Crippen LogP contribution in [0, 0.1) is 0 Å². The van der Waals surface area contributed by atoms with Crippen LogP contribution in [-0.4, -0.2) is 14.2 Å². The van der Waals surface area contributed by atoms with Crippen molar-refractivity contribution in [1.82, 2.24) is 0 Å². The van der Waals surface area contributed by atoms with Gasteiger partial charge < -0.3 is 15.2 Å². The molecule has 3 nitrogen and oxygen atoms in total. The molecule has 0 bridgehead atoms. The van der Waals surface area contributed by atoms with Gasteiger partial charge in [-0.15, -0.1) is 0 Å². The summed E-state index contributed by atoms with van der Waals surface area (Å²) in [4.78, 5) is 0. The zero-order valence-corrected chi connectivity index (χ0v) is 11.2. The van der Waals surface area contributed by atoms with Crippen LogP contribution >= 0.6 is 0 Å². The molecule has 0 aliphatic heterocycles. The Morgan fingerprint density at radius 1 is 1.06 bits per heavy atom. The summed E-state index contributed by atoms with van der Waals surface area (Å²) in [7, 11) is 3.50. The predicted octanol–water partition coefficient (Wildman–Crippen LogP) is 2.53. The van der Waals surface area contributed by atoms with Crippen LogP contribution in [0.15, 0.2) is 6.07 Å². The van der Waals surface area contributed by atoms with E-state index in [0.717, 1.165) is 42.7 Å². The summed E-state index contributed by atoms with van der Waals surface area (Å²) in [5, 5.41) is 0. The highest BCUT2D eigenvalue weighted by Crippen LogP contribution is 2.50. The molecule has 1 aromatic rings. The Morgan fingerprint density at radius 3 is 2.28 bits per heavy atom. The number of ether oxygens (including phenoxy) is 2. The second-order valence-electron chi connectivity index (χ2n) is 5.48. The minimum absolute atomic E-state index is 0.175. The van der Waals surface area contributed by atoms with E-state index in [1.807, 2.05) is 0 Å². The van der Waals surface area contributed by atoms with Crippen LogP contribution in [0.3, 0.4) is 0 Å². The van der Waals surface area contributed by atoms with Crippen molar-refractivity contribution in [3.8, 4) is 11.5 Å². The van der Waals surface area contributed by atoms with Gasteiger partial charge in [-0.3, -0.25) is 0 Å². The monoisotopic (exact) mass is 247 g/mol. The molecule has 0 spiro atoms. The second-order valence-corrected chi connectivity index (χ2v) is 5.48. The van der Waals surface area contributed by atoms with Gasteiger partial charge in [0.1, 0.15) is 11.5 Å². The molecular weight excluding hydrogens is 226 g/mol. The smallest absolute Gasteiger partial charge is 0.127 e. The first kappa shape index (κ1) is 11.8. The van der Waals surface area contributed by atoms with Crippen molar-refractivity contribution in [2.24, 2.45) is 5.73 Å². The quantitative estimate of drug-likeness (QED) is 0.892. The summed E-state index contributed by atoms with van der Waals surface area (Å²) in [5.74, 6) is 2.02. The number of benzene rings is 1. The van der Waals surface area contributed by atoms with E-state index in [9.17, 15) is 0 Å². The zero-order valence-electron chi connectivity index (χ0n) is 11.2. The average molecular weight is 247 g/mol. The fourth-order valence-electron chi connectivity index (χ4n) is 3.06. The van der Waals surface area contributed by atoms with E-state index in [1.54, 1.807) is 14.2 Å². The summed E-state index contributed by atoms with van der Waals surface area (Å²) >= 11 is 0. The topological polar surface area (TPSA) is 44.5 Å². The van der Waals surface area contributed by atoms with Gasteiger partial charge in [0.15, 0.2) is 0 Å². The highest BCUT2D eigenvalue weighted by molar-refractivity contribution is 5.58. The van der Waals surface area contributed by atoms with Crippen LogP contribution in [0.2, 0.25) is 0 Å². The minimum Gasteiger partial charge on any atom is -0.496 e. The molecule has 2 aliphatic rings. The van der Waals surface area contributed by atoms with Gasteiger partial charge in [-0.05, 0) is 44.6 Å². The molecule has 0 amide bonds. The van der Waals surface area contributed by atoms with E-state index in [4.69, 9.17) is 15.2 Å². The van der Waals surface area contributed by atoms with E-state index in [0.29, 0.717) is 0 Å². The molecule has 0 radical (unpaired) electrons. The molecule has 0 unspecified atom stereocenters. The largest absolute Gasteiger partial charge is 0.496 e. The lowest BCUT2D eigenvalue weighted by molar-refractivity contribution is 0.381. The van der Waals surface area contributed by atoms with Crippen LogP contribution < -0.4 is 15.2 Å². The molecule has 98 valence electrons. The molecule has 1 saturated carbocycles. The fraction of sp³-hybridized carbons (Fsp3) is 0.600. The Bertz CT molecular complexity index is 478. The van der Waals surface area contributed by atoms with Crippen LogP contribution in [0.1, 0.15) is 42.4 Å². The maximum absolute atomic E-state index is 6.37. The maximum atomic E-state index is 6.37. The maximum Gasteiger partial charge on any atom is 0.127 e. The van der Waals surface area contributed by atoms with Crippen molar-refractivity contribution < 1.29 is 9.47 Å². The third-order valence-electron chi connectivity index (χ3n) is 4.31. The normalized spacial score (nSPS) is 20.2. The van der Waals surface area contributed by atoms with Gasteiger partial charge in [-0.2, -0.15) is 0 Å². The van der Waals surface area contributed by atoms with E-state index >= 15 is 0 Å². The molecule has 3 heteroatoms. The van der Waals surface area contributed by atoms with Crippen LogP contribution in [0.5, 0.6) is 11.5 Å². The third-order valence-corrected chi connectivity index (χ3v) is 4.31. The average Bonchev–Trinajstić information content (AvgIpc) is 3.16. The first-order valence-electron chi connectivity index (χ1n) is 6.75. The van der Waals surface area contributed by atoms with Gasteiger partial charge in [-0.1, -0.05) is 0 Å². The Balaban J connectivity index is 2.20. The number of nitrogens with two attached hydrogens (primary N) is 1. The molecule has 0 heterocycles. The van der Waals surface area contributed by atoms with Crippen LogP contribution in [0.25, 0.3) is 0 Å².